The zero-order valence-electron chi connectivity index (χ0n) is 21.7. The van der Waals surface area contributed by atoms with Gasteiger partial charge in [0.25, 0.3) is 0 Å². The van der Waals surface area contributed by atoms with Crippen LogP contribution in [0.4, 0.5) is 33.5 Å². The molecule has 194 valence electrons. The second kappa shape index (κ2) is 13.0. The third kappa shape index (κ3) is 7.52. The van der Waals surface area contributed by atoms with Crippen molar-refractivity contribution in [3.05, 3.63) is 79.1 Å². The van der Waals surface area contributed by atoms with Crippen LogP contribution in [0.5, 0.6) is 0 Å². The quantitative estimate of drug-likeness (QED) is 0.344. The lowest BCUT2D eigenvalue weighted by molar-refractivity contribution is -0.111. The van der Waals surface area contributed by atoms with Crippen molar-refractivity contribution in [1.82, 2.24) is 20.2 Å². The van der Waals surface area contributed by atoms with E-state index in [-0.39, 0.29) is 11.9 Å². The van der Waals surface area contributed by atoms with E-state index in [1.807, 2.05) is 68.5 Å². The van der Waals surface area contributed by atoms with Gasteiger partial charge in [-0.25, -0.2) is 19.7 Å². The van der Waals surface area contributed by atoms with Gasteiger partial charge in [0.05, 0.1) is 17.1 Å². The molecule has 0 saturated heterocycles. The SMILES string of the molecule is C=CC(=O)Nc1cc(N(C(=O)NCc2ccccc2)c2cc(NC)ncn2)ccc1N(C)CCN(C)C. The highest BCUT2D eigenvalue weighted by Crippen LogP contribution is 2.33. The molecule has 0 saturated carbocycles. The average molecular weight is 503 g/mol. The van der Waals surface area contributed by atoms with Crippen molar-refractivity contribution in [2.24, 2.45) is 0 Å². The number of benzene rings is 2. The van der Waals surface area contributed by atoms with E-state index in [2.05, 4.69) is 37.4 Å². The van der Waals surface area contributed by atoms with E-state index in [9.17, 15) is 9.59 Å². The molecule has 0 aliphatic carbocycles. The Morgan fingerprint density at radius 3 is 2.43 bits per heavy atom. The predicted molar refractivity (Wildman–Crippen MR) is 149 cm³/mol. The lowest BCUT2D eigenvalue weighted by Gasteiger charge is -2.27. The van der Waals surface area contributed by atoms with Crippen LogP contribution in [0.25, 0.3) is 0 Å². The van der Waals surface area contributed by atoms with Crippen LogP contribution in [-0.2, 0) is 11.3 Å². The Morgan fingerprint density at radius 2 is 1.76 bits per heavy atom. The fourth-order valence-corrected chi connectivity index (χ4v) is 3.56. The van der Waals surface area contributed by atoms with Crippen molar-refractivity contribution < 1.29 is 9.59 Å². The minimum Gasteiger partial charge on any atom is -0.373 e. The van der Waals surface area contributed by atoms with Crippen LogP contribution in [0.3, 0.4) is 0 Å². The van der Waals surface area contributed by atoms with E-state index >= 15 is 0 Å². The topological polar surface area (TPSA) is 106 Å². The molecule has 0 aliphatic rings. The summed E-state index contributed by atoms with van der Waals surface area (Å²) >= 11 is 0. The molecule has 2 aromatic carbocycles. The second-order valence-corrected chi connectivity index (χ2v) is 8.61. The van der Waals surface area contributed by atoms with E-state index < -0.39 is 0 Å². The van der Waals surface area contributed by atoms with Gasteiger partial charge in [-0.1, -0.05) is 36.9 Å². The third-order valence-corrected chi connectivity index (χ3v) is 5.60. The molecule has 0 bridgehead atoms. The highest BCUT2D eigenvalue weighted by atomic mass is 16.2. The van der Waals surface area contributed by atoms with Gasteiger partial charge in [-0.05, 0) is 43.9 Å². The van der Waals surface area contributed by atoms with Crippen LogP contribution in [-0.4, -0.2) is 68.1 Å². The highest BCUT2D eigenvalue weighted by Gasteiger charge is 2.22. The number of carbonyl (C=O) groups is 2. The van der Waals surface area contributed by atoms with Gasteiger partial charge < -0.3 is 25.8 Å². The first-order valence-electron chi connectivity index (χ1n) is 11.9. The zero-order chi connectivity index (χ0) is 26.8. The molecule has 1 heterocycles. The normalized spacial score (nSPS) is 10.5. The molecule has 0 fully saturated rings. The van der Waals surface area contributed by atoms with E-state index in [0.717, 1.165) is 24.3 Å². The number of likely N-dealkylation sites (N-methyl/N-ethyl adjacent to an activating group) is 2. The van der Waals surface area contributed by atoms with Gasteiger partial charge in [0.1, 0.15) is 18.0 Å². The molecule has 3 amide bonds. The van der Waals surface area contributed by atoms with Crippen molar-refractivity contribution in [1.29, 1.82) is 0 Å². The van der Waals surface area contributed by atoms with Crippen molar-refractivity contribution in [3.8, 4) is 0 Å². The van der Waals surface area contributed by atoms with Crippen molar-refractivity contribution >= 4 is 40.6 Å². The summed E-state index contributed by atoms with van der Waals surface area (Å²) in [5.41, 5.74) is 2.85. The van der Waals surface area contributed by atoms with Gasteiger partial charge in [0, 0.05) is 39.8 Å². The van der Waals surface area contributed by atoms with Crippen molar-refractivity contribution in [3.63, 3.8) is 0 Å². The number of hydrogen-bond donors (Lipinski definition) is 3. The van der Waals surface area contributed by atoms with E-state index in [1.54, 1.807) is 19.2 Å². The van der Waals surface area contributed by atoms with E-state index in [0.29, 0.717) is 29.6 Å². The Labute approximate surface area is 218 Å². The maximum Gasteiger partial charge on any atom is 0.327 e. The van der Waals surface area contributed by atoms with E-state index in [4.69, 9.17) is 0 Å². The fraction of sp³-hybridized carbons (Fsp3) is 0.259. The van der Waals surface area contributed by atoms with Crippen molar-refractivity contribution in [2.45, 2.75) is 6.54 Å². The predicted octanol–water partition coefficient (Wildman–Crippen LogP) is 3.69. The molecule has 0 aliphatic heterocycles. The first kappa shape index (κ1) is 27.2. The summed E-state index contributed by atoms with van der Waals surface area (Å²) in [5, 5.41) is 8.82. The Morgan fingerprint density at radius 1 is 1.00 bits per heavy atom. The molecular formula is C27H34N8O2. The summed E-state index contributed by atoms with van der Waals surface area (Å²) in [6.45, 7) is 5.47. The number of aromatic nitrogens is 2. The van der Waals surface area contributed by atoms with Gasteiger partial charge in [-0.3, -0.25) is 4.79 Å². The zero-order valence-corrected chi connectivity index (χ0v) is 21.7. The van der Waals surface area contributed by atoms with Crippen LogP contribution in [0.1, 0.15) is 5.56 Å². The number of anilines is 5. The minimum atomic E-state index is -0.376. The first-order chi connectivity index (χ1) is 17.8. The maximum absolute atomic E-state index is 13.5. The highest BCUT2D eigenvalue weighted by molar-refractivity contribution is 6.04. The van der Waals surface area contributed by atoms with Gasteiger partial charge >= 0.3 is 6.03 Å². The minimum absolute atomic E-state index is 0.339. The first-order valence-corrected chi connectivity index (χ1v) is 11.9. The van der Waals surface area contributed by atoms with Gasteiger partial charge in [0.2, 0.25) is 5.91 Å². The number of hydrogen-bond acceptors (Lipinski definition) is 7. The molecule has 10 nitrogen and oxygen atoms in total. The third-order valence-electron chi connectivity index (χ3n) is 5.60. The summed E-state index contributed by atoms with van der Waals surface area (Å²) < 4.78 is 0. The molecular weight excluding hydrogens is 468 g/mol. The van der Waals surface area contributed by atoms with E-state index in [1.165, 1.54) is 17.3 Å². The molecule has 1 aromatic heterocycles. The Bertz CT molecular complexity index is 1220. The summed E-state index contributed by atoms with van der Waals surface area (Å²) in [7, 11) is 7.71. The van der Waals surface area contributed by atoms with Crippen molar-refractivity contribution in [2.75, 3.05) is 61.7 Å². The molecule has 0 radical (unpaired) electrons. The summed E-state index contributed by atoms with van der Waals surface area (Å²) in [6.07, 6.45) is 2.60. The molecule has 3 aromatic rings. The maximum atomic E-state index is 13.5. The lowest BCUT2D eigenvalue weighted by atomic mass is 10.2. The van der Waals surface area contributed by atoms with Gasteiger partial charge in [0.15, 0.2) is 0 Å². The molecule has 10 heteroatoms. The Kier molecular flexibility index (Phi) is 9.56. The van der Waals surface area contributed by atoms with Crippen LogP contribution in [0.2, 0.25) is 0 Å². The molecule has 3 rings (SSSR count). The summed E-state index contributed by atoms with van der Waals surface area (Å²) in [4.78, 5) is 39.9. The fourth-order valence-electron chi connectivity index (χ4n) is 3.56. The standard InChI is InChI=1S/C27H34N8O2/c1-6-26(36)32-22-16-21(12-13-23(22)34(5)15-14-33(3)4)35(25-17-24(28-2)30-19-31-25)27(37)29-18-20-10-8-7-9-11-20/h6-13,16-17,19H,1,14-15,18H2,2-5H3,(H,29,37)(H,32,36)(H,28,30,31). The van der Waals surface area contributed by atoms with Gasteiger partial charge in [-0.2, -0.15) is 0 Å². The monoisotopic (exact) mass is 502 g/mol. The Balaban J connectivity index is 2.02. The Hall–Kier alpha value is -4.44. The number of amides is 3. The molecule has 0 spiro atoms. The van der Waals surface area contributed by atoms with Gasteiger partial charge in [-0.15, -0.1) is 0 Å². The molecule has 3 N–H and O–H groups in total. The van der Waals surface area contributed by atoms with Crippen LogP contribution in [0.15, 0.2) is 73.6 Å². The molecule has 0 atom stereocenters. The number of nitrogens with zero attached hydrogens (tertiary/aromatic N) is 5. The number of nitrogens with one attached hydrogen (secondary N) is 3. The second-order valence-electron chi connectivity index (χ2n) is 8.61. The summed E-state index contributed by atoms with van der Waals surface area (Å²) in [6, 6.07) is 16.4. The molecule has 37 heavy (non-hydrogen) atoms. The van der Waals surface area contributed by atoms with Crippen LogP contribution < -0.4 is 25.8 Å². The van der Waals surface area contributed by atoms with Crippen LogP contribution >= 0.6 is 0 Å². The largest absolute Gasteiger partial charge is 0.373 e. The molecule has 0 unspecified atom stereocenters. The summed E-state index contributed by atoms with van der Waals surface area (Å²) in [5.74, 6) is 0.588. The average Bonchev–Trinajstić information content (AvgIpc) is 2.91. The number of rotatable bonds is 11. The smallest absolute Gasteiger partial charge is 0.327 e. The van der Waals surface area contributed by atoms with Crippen LogP contribution in [0, 0.1) is 0 Å². The number of urea groups is 1. The number of carbonyl (C=O) groups excluding carboxylic acids is 2. The lowest BCUT2D eigenvalue weighted by Crippen LogP contribution is -2.37.